The number of amides is 3. The van der Waals surface area contributed by atoms with Crippen LogP contribution in [0.15, 0.2) is 66.9 Å². The Kier molecular flexibility index (Phi) is 10.6. The SMILES string of the molecule is COc1ccc(CN(CCc2c[nH]c3ccccc23)C(=O)CN(CC(C)C)C(=O)Nc2cccc(Cl)c2Cl)cc1OC. The number of nitrogens with one attached hydrogen (secondary N) is 2. The summed E-state index contributed by atoms with van der Waals surface area (Å²) in [6.45, 7) is 5.04. The number of urea groups is 1. The van der Waals surface area contributed by atoms with Crippen molar-refractivity contribution in [1.29, 1.82) is 0 Å². The number of anilines is 1. The number of carbonyl (C=O) groups is 2. The first-order valence-electron chi connectivity index (χ1n) is 13.7. The molecule has 0 bridgehead atoms. The minimum absolute atomic E-state index is 0.108. The molecule has 42 heavy (non-hydrogen) atoms. The monoisotopic (exact) mass is 610 g/mol. The lowest BCUT2D eigenvalue weighted by Gasteiger charge is -2.29. The summed E-state index contributed by atoms with van der Waals surface area (Å²) < 4.78 is 10.9. The molecule has 4 rings (SSSR count). The number of fused-ring (bicyclic) bond motifs is 1. The molecule has 1 heterocycles. The van der Waals surface area contributed by atoms with E-state index in [0.29, 0.717) is 48.3 Å². The van der Waals surface area contributed by atoms with Crippen molar-refractivity contribution in [2.24, 2.45) is 5.92 Å². The van der Waals surface area contributed by atoms with E-state index in [0.717, 1.165) is 22.0 Å². The van der Waals surface area contributed by atoms with Gasteiger partial charge in [-0.2, -0.15) is 0 Å². The third-order valence-electron chi connectivity index (χ3n) is 6.89. The number of nitrogens with zero attached hydrogens (tertiary/aromatic N) is 2. The highest BCUT2D eigenvalue weighted by Crippen LogP contribution is 2.30. The van der Waals surface area contributed by atoms with Crippen molar-refractivity contribution in [3.05, 3.63) is 88.0 Å². The van der Waals surface area contributed by atoms with E-state index in [1.54, 1.807) is 37.3 Å². The predicted molar refractivity (Wildman–Crippen MR) is 169 cm³/mol. The highest BCUT2D eigenvalue weighted by atomic mass is 35.5. The van der Waals surface area contributed by atoms with Gasteiger partial charge in [0.05, 0.1) is 30.0 Å². The van der Waals surface area contributed by atoms with Crippen molar-refractivity contribution < 1.29 is 19.1 Å². The Hall–Kier alpha value is -3.88. The first kappa shape index (κ1) is 31.1. The van der Waals surface area contributed by atoms with Gasteiger partial charge in [-0.3, -0.25) is 4.79 Å². The quantitative estimate of drug-likeness (QED) is 0.177. The molecule has 0 aliphatic rings. The van der Waals surface area contributed by atoms with Crippen LogP contribution in [0.2, 0.25) is 10.0 Å². The summed E-state index contributed by atoms with van der Waals surface area (Å²) in [5.74, 6) is 1.14. The zero-order chi connectivity index (χ0) is 30.2. The summed E-state index contributed by atoms with van der Waals surface area (Å²) in [5.41, 5.74) is 3.43. The number of aromatic amines is 1. The van der Waals surface area contributed by atoms with Gasteiger partial charge in [-0.25, -0.2) is 4.79 Å². The number of hydrogen-bond acceptors (Lipinski definition) is 4. The summed E-state index contributed by atoms with van der Waals surface area (Å²) in [6, 6.07) is 18.3. The van der Waals surface area contributed by atoms with Crippen molar-refractivity contribution in [3.63, 3.8) is 0 Å². The van der Waals surface area contributed by atoms with Crippen molar-refractivity contribution in [3.8, 4) is 11.5 Å². The van der Waals surface area contributed by atoms with E-state index < -0.39 is 6.03 Å². The second-order valence-corrected chi connectivity index (χ2v) is 11.2. The molecule has 0 saturated carbocycles. The summed E-state index contributed by atoms with van der Waals surface area (Å²) in [5, 5.41) is 4.52. The van der Waals surface area contributed by atoms with Crippen LogP contribution in [-0.4, -0.2) is 60.6 Å². The topological polar surface area (TPSA) is 86.9 Å². The Morgan fingerprint density at radius 1 is 0.952 bits per heavy atom. The number of aromatic nitrogens is 1. The van der Waals surface area contributed by atoms with Gasteiger partial charge in [0.25, 0.3) is 0 Å². The van der Waals surface area contributed by atoms with Crippen LogP contribution in [0.25, 0.3) is 10.9 Å². The van der Waals surface area contributed by atoms with Crippen molar-refractivity contribution >= 4 is 51.7 Å². The molecule has 222 valence electrons. The smallest absolute Gasteiger partial charge is 0.322 e. The molecule has 1 aromatic heterocycles. The Morgan fingerprint density at radius 2 is 1.71 bits per heavy atom. The van der Waals surface area contributed by atoms with Crippen LogP contribution in [-0.2, 0) is 17.8 Å². The molecule has 8 nitrogen and oxygen atoms in total. The lowest BCUT2D eigenvalue weighted by molar-refractivity contribution is -0.132. The first-order chi connectivity index (χ1) is 20.2. The number of H-pyrrole nitrogens is 1. The van der Waals surface area contributed by atoms with Gasteiger partial charge in [-0.1, -0.05) is 67.4 Å². The number of para-hydroxylation sites is 1. The van der Waals surface area contributed by atoms with Crippen molar-refractivity contribution in [2.75, 3.05) is 39.2 Å². The number of methoxy groups -OCH3 is 2. The van der Waals surface area contributed by atoms with Gasteiger partial charge in [0.1, 0.15) is 6.54 Å². The molecule has 0 radical (unpaired) electrons. The summed E-state index contributed by atoms with van der Waals surface area (Å²) in [7, 11) is 3.16. The minimum Gasteiger partial charge on any atom is -0.493 e. The van der Waals surface area contributed by atoms with E-state index >= 15 is 0 Å². The van der Waals surface area contributed by atoms with Crippen LogP contribution in [0.3, 0.4) is 0 Å². The van der Waals surface area contributed by atoms with Crippen LogP contribution in [0.1, 0.15) is 25.0 Å². The average molecular weight is 612 g/mol. The van der Waals surface area contributed by atoms with E-state index in [4.69, 9.17) is 32.7 Å². The van der Waals surface area contributed by atoms with Gasteiger partial charge in [0, 0.05) is 36.7 Å². The molecule has 0 aliphatic heterocycles. The Labute approximate surface area is 256 Å². The maximum atomic E-state index is 13.9. The summed E-state index contributed by atoms with van der Waals surface area (Å²) in [6.07, 6.45) is 2.62. The van der Waals surface area contributed by atoms with Crippen molar-refractivity contribution in [1.82, 2.24) is 14.8 Å². The predicted octanol–water partition coefficient (Wildman–Crippen LogP) is 7.25. The van der Waals surface area contributed by atoms with E-state index in [2.05, 4.69) is 16.4 Å². The van der Waals surface area contributed by atoms with Crippen LogP contribution >= 0.6 is 23.2 Å². The Bertz CT molecular complexity index is 1540. The van der Waals surface area contributed by atoms with E-state index in [-0.39, 0.29) is 23.4 Å². The largest absolute Gasteiger partial charge is 0.493 e. The van der Waals surface area contributed by atoms with Gasteiger partial charge in [0.15, 0.2) is 11.5 Å². The van der Waals surface area contributed by atoms with E-state index in [9.17, 15) is 9.59 Å². The zero-order valence-electron chi connectivity index (χ0n) is 24.2. The molecule has 0 unspecified atom stereocenters. The molecule has 4 aromatic rings. The molecular weight excluding hydrogens is 575 g/mol. The van der Waals surface area contributed by atoms with Gasteiger partial charge < -0.3 is 29.6 Å². The van der Waals surface area contributed by atoms with Gasteiger partial charge in [0.2, 0.25) is 5.91 Å². The number of hydrogen-bond donors (Lipinski definition) is 2. The van der Waals surface area contributed by atoms with Gasteiger partial charge in [-0.15, -0.1) is 0 Å². The van der Waals surface area contributed by atoms with Crippen LogP contribution in [0.5, 0.6) is 11.5 Å². The van der Waals surface area contributed by atoms with Crippen LogP contribution in [0.4, 0.5) is 10.5 Å². The normalized spacial score (nSPS) is 11.0. The Morgan fingerprint density at radius 3 is 2.45 bits per heavy atom. The number of carbonyl (C=O) groups excluding carboxylic acids is 2. The molecule has 10 heteroatoms. The Balaban J connectivity index is 1.57. The van der Waals surface area contributed by atoms with Gasteiger partial charge in [-0.05, 0) is 53.8 Å². The molecule has 3 amide bonds. The second-order valence-electron chi connectivity index (χ2n) is 10.4. The van der Waals surface area contributed by atoms with E-state index in [1.807, 2.05) is 56.4 Å². The van der Waals surface area contributed by atoms with E-state index in [1.165, 1.54) is 4.90 Å². The molecule has 0 fully saturated rings. The molecule has 2 N–H and O–H groups in total. The standard InChI is InChI=1S/C32H36Cl2N4O4/c1-21(2)18-38(32(40)36-27-11-7-9-25(33)31(27)34)20-30(39)37(19-22-12-13-28(41-3)29(16-22)42-4)15-14-23-17-35-26-10-6-5-8-24(23)26/h5-13,16-17,21,35H,14-15,18-20H2,1-4H3,(H,36,40). The molecule has 0 spiro atoms. The fraction of sp³-hybridized carbons (Fsp3) is 0.312. The third-order valence-corrected chi connectivity index (χ3v) is 7.71. The molecule has 3 aromatic carbocycles. The first-order valence-corrected chi connectivity index (χ1v) is 14.5. The van der Waals surface area contributed by atoms with Crippen molar-refractivity contribution in [2.45, 2.75) is 26.8 Å². The maximum Gasteiger partial charge on any atom is 0.322 e. The average Bonchev–Trinajstić information content (AvgIpc) is 3.39. The number of rotatable bonds is 12. The van der Waals surface area contributed by atoms with Crippen LogP contribution < -0.4 is 14.8 Å². The highest BCUT2D eigenvalue weighted by Gasteiger charge is 2.24. The number of halogens is 2. The maximum absolute atomic E-state index is 13.9. The zero-order valence-corrected chi connectivity index (χ0v) is 25.8. The molecule has 0 aliphatic carbocycles. The fourth-order valence-corrected chi connectivity index (χ4v) is 5.15. The minimum atomic E-state index is -0.427. The lowest BCUT2D eigenvalue weighted by Crippen LogP contribution is -2.46. The van der Waals surface area contributed by atoms with Crippen LogP contribution in [0, 0.1) is 5.92 Å². The molecular formula is C32H36Cl2N4O4. The summed E-state index contributed by atoms with van der Waals surface area (Å²) >= 11 is 12.5. The van der Waals surface area contributed by atoms with Gasteiger partial charge >= 0.3 is 6.03 Å². The highest BCUT2D eigenvalue weighted by molar-refractivity contribution is 6.44. The third kappa shape index (κ3) is 7.69. The molecule has 0 saturated heterocycles. The second kappa shape index (κ2) is 14.3. The molecule has 0 atom stereocenters. The lowest BCUT2D eigenvalue weighted by atomic mass is 10.1. The number of benzene rings is 3. The summed E-state index contributed by atoms with van der Waals surface area (Å²) in [4.78, 5) is 33.9. The fourth-order valence-electron chi connectivity index (χ4n) is 4.80. The number of ether oxygens (including phenoxy) is 2.